The van der Waals surface area contributed by atoms with Crippen LogP contribution < -0.4 is 15.4 Å². The first kappa shape index (κ1) is 22.3. The molecular formula is C20H31ClN4O3. The molecule has 0 saturated carbocycles. The fourth-order valence-corrected chi connectivity index (χ4v) is 3.08. The van der Waals surface area contributed by atoms with Crippen molar-refractivity contribution in [3.8, 4) is 5.88 Å². The van der Waals surface area contributed by atoms with Crippen LogP contribution in [0.25, 0.3) is 0 Å². The summed E-state index contributed by atoms with van der Waals surface area (Å²) in [7, 11) is 0. The highest BCUT2D eigenvalue weighted by molar-refractivity contribution is 6.30. The number of urea groups is 1. The predicted octanol–water partition coefficient (Wildman–Crippen LogP) is 3.23. The second kappa shape index (κ2) is 8.55. The standard InChI is InChI=1S/C20H31ClN4O3/c1-19(2,3)16(23-18(27)24-20(4,5)6)17(26)25-10-9-14(12-25)28-15-8-7-13(21)11-22-15/h7-8,11,14,16H,9-10,12H2,1-6H3,(H2,23,24,27)/t14-,16-/m1/s1. The van der Waals surface area contributed by atoms with Crippen LogP contribution in [-0.2, 0) is 4.79 Å². The van der Waals surface area contributed by atoms with E-state index in [1.165, 1.54) is 6.20 Å². The van der Waals surface area contributed by atoms with Gasteiger partial charge in [-0.25, -0.2) is 9.78 Å². The second-order valence-corrected chi connectivity index (χ2v) is 9.71. The first-order valence-electron chi connectivity index (χ1n) is 9.51. The van der Waals surface area contributed by atoms with Crippen molar-refractivity contribution in [2.45, 2.75) is 65.6 Å². The molecule has 7 nitrogen and oxygen atoms in total. The largest absolute Gasteiger partial charge is 0.472 e. The topological polar surface area (TPSA) is 83.6 Å². The number of carbonyl (C=O) groups is 2. The fraction of sp³-hybridized carbons (Fsp3) is 0.650. The average molecular weight is 411 g/mol. The predicted molar refractivity (Wildman–Crippen MR) is 110 cm³/mol. The fourth-order valence-electron chi connectivity index (χ4n) is 2.97. The van der Waals surface area contributed by atoms with E-state index in [0.717, 1.165) is 0 Å². The molecule has 1 fully saturated rings. The third-order valence-corrected chi connectivity index (χ3v) is 4.54. The maximum Gasteiger partial charge on any atom is 0.315 e. The molecule has 0 aromatic carbocycles. The van der Waals surface area contributed by atoms with E-state index < -0.39 is 11.5 Å². The molecule has 1 aliphatic heterocycles. The minimum atomic E-state index is -0.637. The Kier molecular flexibility index (Phi) is 6.80. The quantitative estimate of drug-likeness (QED) is 0.798. The van der Waals surface area contributed by atoms with Gasteiger partial charge in [-0.2, -0.15) is 0 Å². The van der Waals surface area contributed by atoms with Crippen LogP contribution in [-0.4, -0.2) is 52.6 Å². The minimum absolute atomic E-state index is 0.105. The first-order valence-corrected chi connectivity index (χ1v) is 9.88. The Morgan fingerprint density at radius 1 is 1.25 bits per heavy atom. The Balaban J connectivity index is 2.00. The summed E-state index contributed by atoms with van der Waals surface area (Å²) in [6.45, 7) is 12.5. The lowest BCUT2D eigenvalue weighted by molar-refractivity contribution is -0.135. The number of hydrogen-bond donors (Lipinski definition) is 2. The first-order chi connectivity index (χ1) is 12.8. The van der Waals surface area contributed by atoms with Gasteiger partial charge in [0.1, 0.15) is 12.1 Å². The number of ether oxygens (including phenoxy) is 1. The second-order valence-electron chi connectivity index (χ2n) is 9.27. The lowest BCUT2D eigenvalue weighted by Crippen LogP contribution is -2.58. The SMILES string of the molecule is CC(C)(C)NC(=O)N[C@H](C(=O)N1CC[C@@H](Oc2ccc(Cl)cn2)C1)C(C)(C)C. The maximum atomic E-state index is 13.1. The molecule has 8 heteroatoms. The van der Waals surface area contributed by atoms with Crippen molar-refractivity contribution in [2.75, 3.05) is 13.1 Å². The van der Waals surface area contributed by atoms with Gasteiger partial charge in [-0.15, -0.1) is 0 Å². The summed E-state index contributed by atoms with van der Waals surface area (Å²) in [5, 5.41) is 6.25. The molecule has 1 aromatic rings. The van der Waals surface area contributed by atoms with E-state index in [0.29, 0.717) is 30.4 Å². The Hall–Kier alpha value is -2.02. The number of carbonyl (C=O) groups excluding carboxylic acids is 2. The summed E-state index contributed by atoms with van der Waals surface area (Å²) in [5.41, 5.74) is -0.809. The summed E-state index contributed by atoms with van der Waals surface area (Å²) in [6, 6.07) is 2.44. The number of likely N-dealkylation sites (tertiary alicyclic amines) is 1. The van der Waals surface area contributed by atoms with Crippen molar-refractivity contribution in [2.24, 2.45) is 5.41 Å². The Morgan fingerprint density at radius 2 is 1.93 bits per heavy atom. The number of halogens is 1. The monoisotopic (exact) mass is 410 g/mol. The Labute approximate surface area is 172 Å². The maximum absolute atomic E-state index is 13.1. The molecule has 0 aliphatic carbocycles. The third kappa shape index (κ3) is 6.55. The molecule has 2 rings (SSSR count). The molecule has 0 bridgehead atoms. The molecule has 28 heavy (non-hydrogen) atoms. The van der Waals surface area contributed by atoms with Crippen molar-refractivity contribution >= 4 is 23.5 Å². The van der Waals surface area contributed by atoms with Crippen LogP contribution in [0, 0.1) is 5.41 Å². The van der Waals surface area contributed by atoms with Crippen LogP contribution in [0.3, 0.4) is 0 Å². The van der Waals surface area contributed by atoms with Gasteiger partial charge in [0.15, 0.2) is 0 Å². The molecule has 156 valence electrons. The number of nitrogens with one attached hydrogen (secondary N) is 2. The third-order valence-electron chi connectivity index (χ3n) is 4.32. The summed E-state index contributed by atoms with van der Waals surface area (Å²) >= 11 is 5.84. The van der Waals surface area contributed by atoms with E-state index in [1.54, 1.807) is 17.0 Å². The Bertz CT molecular complexity index is 695. The molecule has 3 amide bonds. The lowest BCUT2D eigenvalue weighted by atomic mass is 9.86. The van der Waals surface area contributed by atoms with Crippen LogP contribution in [0.1, 0.15) is 48.0 Å². The zero-order valence-corrected chi connectivity index (χ0v) is 18.3. The lowest BCUT2D eigenvalue weighted by Gasteiger charge is -2.34. The molecule has 1 saturated heterocycles. The summed E-state index contributed by atoms with van der Waals surface area (Å²) in [5.74, 6) is 0.380. The summed E-state index contributed by atoms with van der Waals surface area (Å²) in [4.78, 5) is 31.3. The highest BCUT2D eigenvalue weighted by Gasteiger charge is 2.39. The molecule has 2 N–H and O–H groups in total. The molecule has 2 atom stereocenters. The van der Waals surface area contributed by atoms with Crippen LogP contribution in [0.15, 0.2) is 18.3 Å². The van der Waals surface area contributed by atoms with Gasteiger partial charge in [0, 0.05) is 30.8 Å². The molecule has 2 heterocycles. The van der Waals surface area contributed by atoms with E-state index >= 15 is 0 Å². The minimum Gasteiger partial charge on any atom is -0.472 e. The average Bonchev–Trinajstić information content (AvgIpc) is 3.00. The number of aromatic nitrogens is 1. The smallest absolute Gasteiger partial charge is 0.315 e. The van der Waals surface area contributed by atoms with Crippen molar-refractivity contribution < 1.29 is 14.3 Å². The van der Waals surface area contributed by atoms with Gasteiger partial charge in [0.2, 0.25) is 11.8 Å². The van der Waals surface area contributed by atoms with Crippen LogP contribution in [0.2, 0.25) is 5.02 Å². The highest BCUT2D eigenvalue weighted by Crippen LogP contribution is 2.24. The van der Waals surface area contributed by atoms with Gasteiger partial charge in [-0.1, -0.05) is 32.4 Å². The molecule has 1 aromatic heterocycles. The van der Waals surface area contributed by atoms with Gasteiger partial charge < -0.3 is 20.3 Å². The van der Waals surface area contributed by atoms with Crippen molar-refractivity contribution in [3.05, 3.63) is 23.4 Å². The number of amides is 3. The zero-order chi connectivity index (χ0) is 21.1. The summed E-state index contributed by atoms with van der Waals surface area (Å²) in [6.07, 6.45) is 2.10. The van der Waals surface area contributed by atoms with Crippen molar-refractivity contribution in [3.63, 3.8) is 0 Å². The number of rotatable bonds is 4. The molecule has 0 spiro atoms. The van der Waals surface area contributed by atoms with Crippen LogP contribution in [0.4, 0.5) is 4.79 Å². The van der Waals surface area contributed by atoms with Gasteiger partial charge in [0.05, 0.1) is 11.6 Å². The molecule has 0 unspecified atom stereocenters. The van der Waals surface area contributed by atoms with E-state index in [-0.39, 0.29) is 23.6 Å². The van der Waals surface area contributed by atoms with Crippen LogP contribution >= 0.6 is 11.6 Å². The zero-order valence-electron chi connectivity index (χ0n) is 17.5. The molecular weight excluding hydrogens is 380 g/mol. The summed E-state index contributed by atoms with van der Waals surface area (Å²) < 4.78 is 5.86. The van der Waals surface area contributed by atoms with Gasteiger partial charge in [-0.05, 0) is 32.3 Å². The highest BCUT2D eigenvalue weighted by atomic mass is 35.5. The number of nitrogens with zero attached hydrogens (tertiary/aromatic N) is 2. The Morgan fingerprint density at radius 3 is 2.46 bits per heavy atom. The molecule has 0 radical (unpaired) electrons. The van der Waals surface area contributed by atoms with E-state index in [4.69, 9.17) is 16.3 Å². The van der Waals surface area contributed by atoms with Crippen LogP contribution in [0.5, 0.6) is 5.88 Å². The number of hydrogen-bond acceptors (Lipinski definition) is 4. The van der Waals surface area contributed by atoms with E-state index in [1.807, 2.05) is 41.5 Å². The van der Waals surface area contributed by atoms with Crippen molar-refractivity contribution in [1.29, 1.82) is 0 Å². The van der Waals surface area contributed by atoms with E-state index in [2.05, 4.69) is 15.6 Å². The van der Waals surface area contributed by atoms with Gasteiger partial charge >= 0.3 is 6.03 Å². The van der Waals surface area contributed by atoms with Gasteiger partial charge in [-0.3, -0.25) is 4.79 Å². The van der Waals surface area contributed by atoms with Crippen molar-refractivity contribution in [1.82, 2.24) is 20.5 Å². The van der Waals surface area contributed by atoms with Gasteiger partial charge in [0.25, 0.3) is 0 Å². The normalized spacial score (nSPS) is 18.5. The number of pyridine rings is 1. The van der Waals surface area contributed by atoms with E-state index in [9.17, 15) is 9.59 Å². The molecule has 1 aliphatic rings.